The molecule has 1 amide bonds. The normalized spacial score (nSPS) is 16.4. The molecular formula is C21H23NO5. The van der Waals surface area contributed by atoms with Gasteiger partial charge < -0.3 is 19.5 Å². The molecule has 3 rings (SSSR count). The fourth-order valence-electron chi connectivity index (χ4n) is 3.09. The topological polar surface area (TPSA) is 76.1 Å². The third kappa shape index (κ3) is 5.23. The van der Waals surface area contributed by atoms with Crippen molar-refractivity contribution in [1.82, 2.24) is 4.90 Å². The van der Waals surface area contributed by atoms with Crippen molar-refractivity contribution in [3.8, 4) is 11.5 Å². The van der Waals surface area contributed by atoms with Gasteiger partial charge in [-0.25, -0.2) is 0 Å². The van der Waals surface area contributed by atoms with Crippen molar-refractivity contribution in [3.63, 3.8) is 0 Å². The molecule has 1 fully saturated rings. The van der Waals surface area contributed by atoms with E-state index in [1.165, 1.54) is 0 Å². The van der Waals surface area contributed by atoms with Crippen molar-refractivity contribution < 1.29 is 24.2 Å². The highest BCUT2D eigenvalue weighted by Gasteiger charge is 2.33. The number of para-hydroxylation sites is 2. The number of hydrogen-bond donors (Lipinski definition) is 1. The lowest BCUT2D eigenvalue weighted by molar-refractivity contribution is -0.141. The Bertz CT molecular complexity index is 777. The maximum Gasteiger partial charge on any atom is 0.308 e. The van der Waals surface area contributed by atoms with Crippen LogP contribution in [0.25, 0.3) is 0 Å². The van der Waals surface area contributed by atoms with Crippen LogP contribution in [0.15, 0.2) is 54.6 Å². The van der Waals surface area contributed by atoms with Gasteiger partial charge in [-0.1, -0.05) is 36.4 Å². The fraction of sp³-hybridized carbons (Fsp3) is 0.333. The number of likely N-dealkylation sites (tertiary alicyclic amines) is 1. The number of aliphatic carboxylic acids is 1. The molecule has 1 atom stereocenters. The maximum atomic E-state index is 12.0. The zero-order chi connectivity index (χ0) is 19.1. The van der Waals surface area contributed by atoms with E-state index in [2.05, 4.69) is 0 Å². The smallest absolute Gasteiger partial charge is 0.308 e. The average molecular weight is 369 g/mol. The van der Waals surface area contributed by atoms with E-state index in [0.29, 0.717) is 26.2 Å². The van der Waals surface area contributed by atoms with Crippen LogP contribution < -0.4 is 9.47 Å². The zero-order valence-electron chi connectivity index (χ0n) is 15.0. The molecule has 1 unspecified atom stereocenters. The summed E-state index contributed by atoms with van der Waals surface area (Å²) in [7, 11) is 0. The van der Waals surface area contributed by atoms with E-state index in [1.807, 2.05) is 54.6 Å². The molecule has 6 heteroatoms. The summed E-state index contributed by atoms with van der Waals surface area (Å²) in [4.78, 5) is 24.6. The summed E-state index contributed by atoms with van der Waals surface area (Å²) in [6.07, 6.45) is 0.706. The van der Waals surface area contributed by atoms with Gasteiger partial charge in [-0.2, -0.15) is 0 Å². The highest BCUT2D eigenvalue weighted by atomic mass is 16.5. The number of ether oxygens (including phenoxy) is 2. The van der Waals surface area contributed by atoms with Gasteiger partial charge in [0.1, 0.15) is 24.7 Å². The third-order valence-electron chi connectivity index (χ3n) is 4.54. The number of carboxylic acid groups (broad SMARTS) is 1. The summed E-state index contributed by atoms with van der Waals surface area (Å²) < 4.78 is 11.5. The SMILES string of the molecule is O=C(O)C1CC(=O)N(CCc2ccccc2OCCOc2ccccc2)C1. The van der Waals surface area contributed by atoms with Gasteiger partial charge in [0.15, 0.2) is 0 Å². The molecule has 2 aromatic rings. The maximum absolute atomic E-state index is 12.0. The van der Waals surface area contributed by atoms with Crippen molar-refractivity contribution in [3.05, 3.63) is 60.2 Å². The first kappa shape index (κ1) is 18.8. The predicted octanol–water partition coefficient (Wildman–Crippen LogP) is 2.62. The van der Waals surface area contributed by atoms with Crippen LogP contribution >= 0.6 is 0 Å². The Balaban J connectivity index is 1.49. The van der Waals surface area contributed by atoms with E-state index in [-0.39, 0.29) is 18.9 Å². The van der Waals surface area contributed by atoms with E-state index in [9.17, 15) is 9.59 Å². The van der Waals surface area contributed by atoms with E-state index >= 15 is 0 Å². The summed E-state index contributed by atoms with van der Waals surface area (Å²) in [5.41, 5.74) is 0.990. The number of amides is 1. The predicted molar refractivity (Wildman–Crippen MR) is 99.9 cm³/mol. The molecule has 0 aromatic heterocycles. The van der Waals surface area contributed by atoms with Crippen LogP contribution in [-0.4, -0.2) is 48.2 Å². The first-order valence-corrected chi connectivity index (χ1v) is 9.02. The first-order chi connectivity index (χ1) is 13.1. The number of carbonyl (C=O) groups excluding carboxylic acids is 1. The molecule has 0 saturated carbocycles. The molecule has 27 heavy (non-hydrogen) atoms. The van der Waals surface area contributed by atoms with Gasteiger partial charge in [0, 0.05) is 19.5 Å². The van der Waals surface area contributed by atoms with Gasteiger partial charge in [0.05, 0.1) is 5.92 Å². The van der Waals surface area contributed by atoms with Crippen molar-refractivity contribution >= 4 is 11.9 Å². The van der Waals surface area contributed by atoms with Crippen molar-refractivity contribution in [2.75, 3.05) is 26.3 Å². The fourth-order valence-corrected chi connectivity index (χ4v) is 3.09. The number of hydrogen-bond acceptors (Lipinski definition) is 4. The second-order valence-electron chi connectivity index (χ2n) is 6.45. The van der Waals surface area contributed by atoms with Crippen molar-refractivity contribution in [1.29, 1.82) is 0 Å². The molecule has 1 saturated heterocycles. The van der Waals surface area contributed by atoms with E-state index in [1.54, 1.807) is 4.90 Å². The summed E-state index contributed by atoms with van der Waals surface area (Å²) in [6.45, 7) is 1.62. The van der Waals surface area contributed by atoms with Gasteiger partial charge in [0.25, 0.3) is 0 Å². The lowest BCUT2D eigenvalue weighted by atomic mass is 10.1. The van der Waals surface area contributed by atoms with Gasteiger partial charge >= 0.3 is 5.97 Å². The van der Waals surface area contributed by atoms with Crippen LogP contribution in [0.3, 0.4) is 0 Å². The Kier molecular flexibility index (Phi) is 6.30. The highest BCUT2D eigenvalue weighted by Crippen LogP contribution is 2.22. The first-order valence-electron chi connectivity index (χ1n) is 9.02. The summed E-state index contributed by atoms with van der Waals surface area (Å²) >= 11 is 0. The molecule has 6 nitrogen and oxygen atoms in total. The van der Waals surface area contributed by atoms with E-state index < -0.39 is 11.9 Å². The number of carbonyl (C=O) groups is 2. The van der Waals surface area contributed by atoms with E-state index in [4.69, 9.17) is 14.6 Å². The molecular weight excluding hydrogens is 346 g/mol. The lowest BCUT2D eigenvalue weighted by Gasteiger charge is -2.17. The molecule has 0 spiro atoms. The highest BCUT2D eigenvalue weighted by molar-refractivity contribution is 5.86. The minimum Gasteiger partial charge on any atom is -0.490 e. The molecule has 1 heterocycles. The number of benzene rings is 2. The summed E-state index contributed by atoms with van der Waals surface area (Å²) in [5, 5.41) is 9.07. The molecule has 0 aliphatic carbocycles. The Morgan fingerprint density at radius 2 is 1.74 bits per heavy atom. The molecule has 142 valence electrons. The monoisotopic (exact) mass is 369 g/mol. The Morgan fingerprint density at radius 1 is 1.04 bits per heavy atom. The van der Waals surface area contributed by atoms with Gasteiger partial charge in [-0.05, 0) is 30.2 Å². The van der Waals surface area contributed by atoms with Gasteiger partial charge in [-0.15, -0.1) is 0 Å². The molecule has 1 N–H and O–H groups in total. The zero-order valence-corrected chi connectivity index (χ0v) is 15.0. The second kappa shape index (κ2) is 9.07. The van der Waals surface area contributed by atoms with E-state index in [0.717, 1.165) is 17.1 Å². The minimum atomic E-state index is -0.909. The molecule has 0 radical (unpaired) electrons. The molecule has 1 aliphatic rings. The molecule has 0 bridgehead atoms. The summed E-state index contributed by atoms with van der Waals surface area (Å²) in [6, 6.07) is 17.2. The third-order valence-corrected chi connectivity index (χ3v) is 4.54. The van der Waals surface area contributed by atoms with Crippen LogP contribution in [-0.2, 0) is 16.0 Å². The lowest BCUT2D eigenvalue weighted by Crippen LogP contribution is -2.28. The van der Waals surface area contributed by atoms with Crippen LogP contribution in [0.2, 0.25) is 0 Å². The van der Waals surface area contributed by atoms with Crippen molar-refractivity contribution in [2.45, 2.75) is 12.8 Å². The van der Waals surface area contributed by atoms with Crippen LogP contribution in [0.1, 0.15) is 12.0 Å². The minimum absolute atomic E-state index is 0.0876. The standard InChI is InChI=1S/C21H23NO5/c23-20-14-17(21(24)25)15-22(20)11-10-16-6-4-5-9-19(16)27-13-12-26-18-7-2-1-3-8-18/h1-9,17H,10-15H2,(H,24,25). The Hall–Kier alpha value is -3.02. The van der Waals surface area contributed by atoms with Crippen molar-refractivity contribution in [2.24, 2.45) is 5.92 Å². The molecule has 2 aromatic carbocycles. The second-order valence-corrected chi connectivity index (χ2v) is 6.45. The van der Waals surface area contributed by atoms with Crippen LogP contribution in [0.5, 0.6) is 11.5 Å². The summed E-state index contributed by atoms with van der Waals surface area (Å²) in [5.74, 6) is -0.0466. The number of rotatable bonds is 9. The van der Waals surface area contributed by atoms with Gasteiger partial charge in [-0.3, -0.25) is 9.59 Å². The van der Waals surface area contributed by atoms with Crippen LogP contribution in [0.4, 0.5) is 0 Å². The van der Waals surface area contributed by atoms with Crippen LogP contribution in [0, 0.1) is 5.92 Å². The number of carboxylic acids is 1. The van der Waals surface area contributed by atoms with Gasteiger partial charge in [0.2, 0.25) is 5.91 Å². The molecule has 1 aliphatic heterocycles. The number of nitrogens with zero attached hydrogens (tertiary/aromatic N) is 1. The Labute approximate surface area is 158 Å². The largest absolute Gasteiger partial charge is 0.490 e. The average Bonchev–Trinajstić information content (AvgIpc) is 3.06. The Morgan fingerprint density at radius 3 is 2.48 bits per heavy atom. The quantitative estimate of drug-likeness (QED) is 0.688.